The monoisotopic (exact) mass is 415 g/mol. The van der Waals surface area contributed by atoms with Gasteiger partial charge in [-0.05, 0) is 32.3 Å². The lowest BCUT2D eigenvalue weighted by Gasteiger charge is -2.43. The average molecular weight is 416 g/mol. The van der Waals surface area contributed by atoms with Crippen LogP contribution in [0.3, 0.4) is 0 Å². The van der Waals surface area contributed by atoms with E-state index in [1.165, 1.54) is 11.8 Å². The number of Topliss-reactive ketones (excluding diaryl/α,β-unsaturated/α-hetero) is 2. The molecule has 1 aromatic carbocycles. The smallest absolute Gasteiger partial charge is 0.388 e. The molecule has 2 aromatic rings. The normalized spacial score (nSPS) is 18.9. The molecule has 152 valence electrons. The van der Waals surface area contributed by atoms with Crippen molar-refractivity contribution in [1.29, 1.82) is 0 Å². The van der Waals surface area contributed by atoms with Gasteiger partial charge in [-0.3, -0.25) is 14.5 Å². The summed E-state index contributed by atoms with van der Waals surface area (Å²) in [6, 6.07) is 10.5. The summed E-state index contributed by atoms with van der Waals surface area (Å²) in [4.78, 5) is 38.7. The fraction of sp³-hybridized carbons (Fsp3) is 0.364. The van der Waals surface area contributed by atoms with Gasteiger partial charge < -0.3 is 4.74 Å². The lowest BCUT2D eigenvalue weighted by molar-refractivity contribution is -0.727. The minimum absolute atomic E-state index is 0.0326. The van der Waals surface area contributed by atoms with E-state index in [2.05, 4.69) is 0 Å². The molecule has 0 spiro atoms. The van der Waals surface area contributed by atoms with E-state index in [0.717, 1.165) is 12.8 Å². The predicted molar refractivity (Wildman–Crippen MR) is 107 cm³/mol. The SMILES string of the molecule is CC(=O)c1cc[n+](COC(=O)N(C)C2(c3ccccc3Cl)CCCCC2=O)cc1. The zero-order chi connectivity index (χ0) is 21.0. The number of ether oxygens (including phenoxy) is 1. The number of pyridine rings is 1. The summed E-state index contributed by atoms with van der Waals surface area (Å²) < 4.78 is 7.09. The maximum Gasteiger partial charge on any atom is 0.415 e. The number of carbonyl (C=O) groups is 3. The molecule has 0 N–H and O–H groups in total. The minimum atomic E-state index is -1.13. The number of hydrogen-bond donors (Lipinski definition) is 0. The van der Waals surface area contributed by atoms with E-state index in [9.17, 15) is 14.4 Å². The second-order valence-electron chi connectivity index (χ2n) is 7.23. The van der Waals surface area contributed by atoms with Crippen molar-refractivity contribution in [2.45, 2.75) is 44.9 Å². The first-order valence-corrected chi connectivity index (χ1v) is 9.93. The fourth-order valence-electron chi connectivity index (χ4n) is 3.79. The van der Waals surface area contributed by atoms with Crippen LogP contribution in [0, 0.1) is 0 Å². The highest BCUT2D eigenvalue weighted by atomic mass is 35.5. The van der Waals surface area contributed by atoms with Crippen LogP contribution in [0.15, 0.2) is 48.8 Å². The Morgan fingerprint density at radius 2 is 1.86 bits per heavy atom. The molecule has 1 amide bonds. The van der Waals surface area contributed by atoms with Crippen molar-refractivity contribution in [3.05, 3.63) is 64.9 Å². The first kappa shape index (κ1) is 21.0. The molecule has 1 unspecified atom stereocenters. The van der Waals surface area contributed by atoms with E-state index in [0.29, 0.717) is 29.0 Å². The van der Waals surface area contributed by atoms with Crippen LogP contribution in [0.2, 0.25) is 5.02 Å². The first-order valence-electron chi connectivity index (χ1n) is 9.55. The van der Waals surface area contributed by atoms with E-state index in [4.69, 9.17) is 16.3 Å². The van der Waals surface area contributed by atoms with E-state index in [1.807, 2.05) is 6.07 Å². The molecule has 1 saturated carbocycles. The van der Waals surface area contributed by atoms with Gasteiger partial charge in [0.15, 0.2) is 24.0 Å². The first-order chi connectivity index (χ1) is 13.9. The molecule has 1 aliphatic carbocycles. The van der Waals surface area contributed by atoms with Crippen molar-refractivity contribution >= 4 is 29.3 Å². The van der Waals surface area contributed by atoms with Crippen LogP contribution in [0.4, 0.5) is 4.79 Å². The number of rotatable bonds is 5. The topological polar surface area (TPSA) is 67.6 Å². The van der Waals surface area contributed by atoms with Gasteiger partial charge >= 0.3 is 6.09 Å². The quantitative estimate of drug-likeness (QED) is 0.548. The molecular weight excluding hydrogens is 392 g/mol. The average Bonchev–Trinajstić information content (AvgIpc) is 2.73. The number of aromatic nitrogens is 1. The molecule has 0 saturated heterocycles. The highest BCUT2D eigenvalue weighted by Gasteiger charge is 2.48. The molecule has 3 rings (SSSR count). The number of benzene rings is 1. The van der Waals surface area contributed by atoms with Gasteiger partial charge in [0.1, 0.15) is 5.54 Å². The van der Waals surface area contributed by atoms with Crippen LogP contribution in [0.25, 0.3) is 0 Å². The molecular formula is C22H24ClN2O4+. The van der Waals surface area contributed by atoms with E-state index in [1.54, 1.807) is 54.3 Å². The zero-order valence-electron chi connectivity index (χ0n) is 16.6. The molecule has 0 aliphatic heterocycles. The number of likely N-dealkylation sites (N-methyl/N-ethyl adjacent to an activating group) is 1. The number of carbonyl (C=O) groups excluding carboxylic acids is 3. The van der Waals surface area contributed by atoms with Gasteiger partial charge in [-0.25, -0.2) is 4.79 Å². The Hall–Kier alpha value is -2.73. The zero-order valence-corrected chi connectivity index (χ0v) is 17.3. The number of hydrogen-bond acceptors (Lipinski definition) is 4. The van der Waals surface area contributed by atoms with Gasteiger partial charge in [-0.1, -0.05) is 29.8 Å². The maximum atomic E-state index is 13.0. The molecule has 0 bridgehead atoms. The van der Waals surface area contributed by atoms with Crippen molar-refractivity contribution in [2.75, 3.05) is 7.05 Å². The third kappa shape index (κ3) is 4.17. The van der Waals surface area contributed by atoms with E-state index in [-0.39, 0.29) is 18.3 Å². The molecule has 0 radical (unpaired) electrons. The number of halogens is 1. The third-order valence-electron chi connectivity index (χ3n) is 5.45. The van der Waals surface area contributed by atoms with Crippen molar-refractivity contribution in [2.24, 2.45) is 0 Å². The summed E-state index contributed by atoms with van der Waals surface area (Å²) in [6.45, 7) is 1.46. The number of nitrogens with zero attached hydrogens (tertiary/aromatic N) is 2. The van der Waals surface area contributed by atoms with Gasteiger partial charge in [0.2, 0.25) is 0 Å². The Labute approximate surface area is 175 Å². The molecule has 6 nitrogen and oxygen atoms in total. The van der Waals surface area contributed by atoms with Gasteiger partial charge in [0.25, 0.3) is 6.73 Å². The van der Waals surface area contributed by atoms with Crippen LogP contribution >= 0.6 is 11.6 Å². The second-order valence-corrected chi connectivity index (χ2v) is 7.63. The van der Waals surface area contributed by atoms with Crippen molar-refractivity contribution < 1.29 is 23.7 Å². The van der Waals surface area contributed by atoms with Crippen LogP contribution in [0.1, 0.15) is 48.5 Å². The predicted octanol–water partition coefficient (Wildman–Crippen LogP) is 3.89. The maximum absolute atomic E-state index is 13.0. The molecule has 1 atom stereocenters. The number of ketones is 2. The highest BCUT2D eigenvalue weighted by Crippen LogP contribution is 2.42. The lowest BCUT2D eigenvalue weighted by atomic mass is 9.74. The Morgan fingerprint density at radius 3 is 2.48 bits per heavy atom. The molecule has 1 fully saturated rings. The molecule has 29 heavy (non-hydrogen) atoms. The fourth-order valence-corrected chi connectivity index (χ4v) is 4.08. The van der Waals surface area contributed by atoms with Crippen molar-refractivity contribution in [3.8, 4) is 0 Å². The Bertz CT molecular complexity index is 929. The summed E-state index contributed by atoms with van der Waals surface area (Å²) in [5.74, 6) is -0.0684. The third-order valence-corrected chi connectivity index (χ3v) is 5.78. The van der Waals surface area contributed by atoms with Crippen LogP contribution in [-0.2, 0) is 21.8 Å². The summed E-state index contributed by atoms with van der Waals surface area (Å²) in [6.07, 6.45) is 5.23. The standard InChI is InChI=1S/C22H24ClN2O4/c1-16(26)17-10-13-25(14-11-17)15-29-21(28)24(2)22(12-6-5-9-20(22)27)18-7-3-4-8-19(18)23/h3-4,7-8,10-11,13-14H,5-6,9,12,15H2,1-2H3/q+1. The second kappa shape index (κ2) is 8.74. The number of amides is 1. The van der Waals surface area contributed by atoms with Crippen molar-refractivity contribution in [3.63, 3.8) is 0 Å². The molecule has 1 heterocycles. The van der Waals surface area contributed by atoms with Gasteiger partial charge in [-0.15, -0.1) is 0 Å². The Kier molecular flexibility index (Phi) is 6.33. The summed E-state index contributed by atoms with van der Waals surface area (Å²) in [7, 11) is 1.58. The summed E-state index contributed by atoms with van der Waals surface area (Å²) in [5.41, 5.74) is 0.0797. The summed E-state index contributed by atoms with van der Waals surface area (Å²) in [5, 5.41) is 0.455. The Morgan fingerprint density at radius 1 is 1.17 bits per heavy atom. The van der Waals surface area contributed by atoms with Crippen LogP contribution < -0.4 is 4.57 Å². The largest absolute Gasteiger partial charge is 0.415 e. The van der Waals surface area contributed by atoms with Gasteiger partial charge in [-0.2, -0.15) is 4.57 Å². The highest BCUT2D eigenvalue weighted by molar-refractivity contribution is 6.31. The molecule has 1 aromatic heterocycles. The molecule has 1 aliphatic rings. The lowest BCUT2D eigenvalue weighted by Crippen LogP contribution is -2.55. The van der Waals surface area contributed by atoms with E-state index < -0.39 is 11.6 Å². The van der Waals surface area contributed by atoms with Crippen LogP contribution in [0.5, 0.6) is 0 Å². The Balaban J connectivity index is 1.81. The van der Waals surface area contributed by atoms with Crippen LogP contribution in [-0.4, -0.2) is 29.6 Å². The minimum Gasteiger partial charge on any atom is -0.388 e. The molecule has 7 heteroatoms. The van der Waals surface area contributed by atoms with Gasteiger partial charge in [0.05, 0.1) is 0 Å². The van der Waals surface area contributed by atoms with Gasteiger partial charge in [0, 0.05) is 41.8 Å². The van der Waals surface area contributed by atoms with E-state index >= 15 is 0 Å². The van der Waals surface area contributed by atoms with Crippen molar-refractivity contribution in [1.82, 2.24) is 4.90 Å². The summed E-state index contributed by atoms with van der Waals surface area (Å²) >= 11 is 6.41.